The molecule has 0 saturated heterocycles. The predicted octanol–water partition coefficient (Wildman–Crippen LogP) is 2.09. The van der Waals surface area contributed by atoms with Crippen molar-refractivity contribution in [2.24, 2.45) is 0 Å². The van der Waals surface area contributed by atoms with E-state index in [2.05, 4.69) is 10.6 Å². The lowest BCUT2D eigenvalue weighted by Crippen LogP contribution is -2.28. The Morgan fingerprint density at radius 3 is 2.41 bits per heavy atom. The fourth-order valence-electron chi connectivity index (χ4n) is 2.62. The zero-order chi connectivity index (χ0) is 21.4. The molecule has 9 heteroatoms. The Labute approximate surface area is 170 Å². The third-order valence-electron chi connectivity index (χ3n) is 4.28. The third-order valence-corrected chi connectivity index (χ3v) is 6.15. The standard InChI is InChI=1S/C20H25N3O5S/c1-21-20(25)15-6-4-7-16(14-15)22-19(24)8-5-13-23(2)29(26,27)18-11-9-17(28-3)10-12-18/h4,6-7,9-12,14H,5,8,13H2,1-3H3,(H,21,25)(H,22,24). The minimum absolute atomic E-state index is 0.146. The van der Waals surface area contributed by atoms with Gasteiger partial charge in [-0.05, 0) is 48.9 Å². The van der Waals surface area contributed by atoms with Crippen molar-refractivity contribution in [3.63, 3.8) is 0 Å². The maximum Gasteiger partial charge on any atom is 0.251 e. The summed E-state index contributed by atoms with van der Waals surface area (Å²) in [7, 11) is 0.880. The maximum atomic E-state index is 12.6. The van der Waals surface area contributed by atoms with Crippen LogP contribution in [0.2, 0.25) is 0 Å². The van der Waals surface area contributed by atoms with Crippen LogP contribution in [0.4, 0.5) is 5.69 Å². The van der Waals surface area contributed by atoms with Crippen molar-refractivity contribution in [1.29, 1.82) is 0 Å². The number of hydrogen-bond donors (Lipinski definition) is 2. The van der Waals surface area contributed by atoms with Crippen LogP contribution in [0.25, 0.3) is 0 Å². The summed E-state index contributed by atoms with van der Waals surface area (Å²) in [6, 6.07) is 12.7. The van der Waals surface area contributed by atoms with E-state index in [1.165, 1.54) is 37.6 Å². The van der Waals surface area contributed by atoms with Gasteiger partial charge in [0.25, 0.3) is 5.91 Å². The summed E-state index contributed by atoms with van der Waals surface area (Å²) < 4.78 is 31.4. The summed E-state index contributed by atoms with van der Waals surface area (Å²) in [4.78, 5) is 24.0. The van der Waals surface area contributed by atoms with E-state index in [-0.39, 0.29) is 29.7 Å². The molecule has 2 rings (SSSR count). The minimum Gasteiger partial charge on any atom is -0.497 e. The first-order chi connectivity index (χ1) is 13.8. The van der Waals surface area contributed by atoms with E-state index < -0.39 is 10.0 Å². The number of hydrogen-bond acceptors (Lipinski definition) is 5. The Balaban J connectivity index is 1.88. The smallest absolute Gasteiger partial charge is 0.251 e. The number of methoxy groups -OCH3 is 1. The molecule has 2 amide bonds. The lowest BCUT2D eigenvalue weighted by Gasteiger charge is -2.17. The van der Waals surface area contributed by atoms with Gasteiger partial charge < -0.3 is 15.4 Å². The minimum atomic E-state index is -3.64. The number of benzene rings is 2. The second kappa shape index (κ2) is 10.0. The zero-order valence-electron chi connectivity index (χ0n) is 16.6. The summed E-state index contributed by atoms with van der Waals surface area (Å²) in [5, 5.41) is 5.24. The molecule has 2 aromatic rings. The monoisotopic (exact) mass is 419 g/mol. The highest BCUT2D eigenvalue weighted by Gasteiger charge is 2.20. The first-order valence-electron chi connectivity index (χ1n) is 9.00. The van der Waals surface area contributed by atoms with Crippen molar-refractivity contribution in [2.45, 2.75) is 17.7 Å². The van der Waals surface area contributed by atoms with Crippen LogP contribution >= 0.6 is 0 Å². The van der Waals surface area contributed by atoms with Gasteiger partial charge in [0.15, 0.2) is 0 Å². The second-order valence-corrected chi connectivity index (χ2v) is 8.36. The van der Waals surface area contributed by atoms with Gasteiger partial charge in [0, 0.05) is 38.3 Å². The van der Waals surface area contributed by atoms with Crippen LogP contribution in [0.5, 0.6) is 5.75 Å². The van der Waals surface area contributed by atoms with E-state index in [9.17, 15) is 18.0 Å². The fourth-order valence-corrected chi connectivity index (χ4v) is 3.83. The topological polar surface area (TPSA) is 105 Å². The van der Waals surface area contributed by atoms with E-state index >= 15 is 0 Å². The van der Waals surface area contributed by atoms with Gasteiger partial charge in [-0.1, -0.05) is 6.07 Å². The molecule has 0 aliphatic heterocycles. The molecule has 2 aromatic carbocycles. The number of carbonyl (C=O) groups excluding carboxylic acids is 2. The molecule has 0 spiro atoms. The van der Waals surface area contributed by atoms with Gasteiger partial charge in [-0.15, -0.1) is 0 Å². The average molecular weight is 420 g/mol. The predicted molar refractivity (Wildman–Crippen MR) is 111 cm³/mol. The SMILES string of the molecule is CNC(=O)c1cccc(NC(=O)CCCN(C)S(=O)(=O)c2ccc(OC)cc2)c1. The van der Waals surface area contributed by atoms with Crippen molar-refractivity contribution < 1.29 is 22.7 Å². The van der Waals surface area contributed by atoms with Crippen molar-refractivity contribution in [2.75, 3.05) is 33.1 Å². The maximum absolute atomic E-state index is 12.6. The largest absolute Gasteiger partial charge is 0.497 e. The van der Waals surface area contributed by atoms with Crippen molar-refractivity contribution >= 4 is 27.5 Å². The molecule has 0 bridgehead atoms. The normalized spacial score (nSPS) is 11.2. The Morgan fingerprint density at radius 1 is 1.10 bits per heavy atom. The van der Waals surface area contributed by atoms with Gasteiger partial charge >= 0.3 is 0 Å². The second-order valence-electron chi connectivity index (χ2n) is 6.31. The number of sulfonamides is 1. The lowest BCUT2D eigenvalue weighted by atomic mass is 10.2. The highest BCUT2D eigenvalue weighted by atomic mass is 32.2. The van der Waals surface area contributed by atoms with Gasteiger partial charge in [-0.25, -0.2) is 12.7 Å². The Hall–Kier alpha value is -2.91. The van der Waals surface area contributed by atoms with Crippen LogP contribution in [0.3, 0.4) is 0 Å². The van der Waals surface area contributed by atoms with Gasteiger partial charge in [-0.3, -0.25) is 9.59 Å². The third kappa shape index (κ3) is 6.03. The molecule has 0 heterocycles. The summed E-state index contributed by atoms with van der Waals surface area (Å²) in [5.74, 6) is 0.0736. The molecule has 8 nitrogen and oxygen atoms in total. The van der Waals surface area contributed by atoms with E-state index in [4.69, 9.17) is 4.74 Å². The number of nitrogens with one attached hydrogen (secondary N) is 2. The number of ether oxygens (including phenoxy) is 1. The molecule has 0 radical (unpaired) electrons. The summed E-state index contributed by atoms with van der Waals surface area (Å²) in [6.07, 6.45) is 0.500. The zero-order valence-corrected chi connectivity index (χ0v) is 17.5. The van der Waals surface area contributed by atoms with E-state index in [1.807, 2.05) is 0 Å². The van der Waals surface area contributed by atoms with Crippen molar-refractivity contribution in [1.82, 2.24) is 9.62 Å². The number of rotatable bonds is 9. The van der Waals surface area contributed by atoms with Crippen LogP contribution in [-0.2, 0) is 14.8 Å². The van der Waals surface area contributed by atoms with E-state index in [0.717, 1.165) is 0 Å². The van der Waals surface area contributed by atoms with Crippen LogP contribution < -0.4 is 15.4 Å². The Bertz CT molecular complexity index is 958. The molecule has 29 heavy (non-hydrogen) atoms. The molecule has 0 aliphatic rings. The quantitative estimate of drug-likeness (QED) is 0.648. The summed E-state index contributed by atoms with van der Waals surface area (Å²) in [5.41, 5.74) is 0.950. The Kier molecular flexibility index (Phi) is 7.74. The molecule has 156 valence electrons. The lowest BCUT2D eigenvalue weighted by molar-refractivity contribution is -0.116. The highest BCUT2D eigenvalue weighted by molar-refractivity contribution is 7.89. The summed E-state index contributed by atoms with van der Waals surface area (Å²) >= 11 is 0. The van der Waals surface area contributed by atoms with Crippen molar-refractivity contribution in [3.05, 3.63) is 54.1 Å². The van der Waals surface area contributed by atoms with E-state index in [1.54, 1.807) is 36.4 Å². The fraction of sp³-hybridized carbons (Fsp3) is 0.300. The molecular weight excluding hydrogens is 394 g/mol. The number of anilines is 1. The van der Waals surface area contributed by atoms with Gasteiger partial charge in [0.1, 0.15) is 5.75 Å². The van der Waals surface area contributed by atoms with Gasteiger partial charge in [0.2, 0.25) is 15.9 Å². The molecule has 0 saturated carbocycles. The van der Waals surface area contributed by atoms with Crippen LogP contribution in [0.15, 0.2) is 53.4 Å². The average Bonchev–Trinajstić information content (AvgIpc) is 2.73. The van der Waals surface area contributed by atoms with Gasteiger partial charge in [-0.2, -0.15) is 0 Å². The van der Waals surface area contributed by atoms with Crippen LogP contribution in [-0.4, -0.2) is 52.3 Å². The molecule has 0 aromatic heterocycles. The first-order valence-corrected chi connectivity index (χ1v) is 10.4. The molecule has 0 fully saturated rings. The summed E-state index contributed by atoms with van der Waals surface area (Å²) in [6.45, 7) is 0.195. The highest BCUT2D eigenvalue weighted by Crippen LogP contribution is 2.19. The number of carbonyl (C=O) groups is 2. The molecule has 0 atom stereocenters. The van der Waals surface area contributed by atoms with Gasteiger partial charge in [0.05, 0.1) is 12.0 Å². The molecular formula is C20H25N3O5S. The van der Waals surface area contributed by atoms with E-state index in [0.29, 0.717) is 23.4 Å². The molecule has 2 N–H and O–H groups in total. The molecule has 0 unspecified atom stereocenters. The molecule has 0 aliphatic carbocycles. The number of nitrogens with zero attached hydrogens (tertiary/aromatic N) is 1. The number of amides is 2. The Morgan fingerprint density at radius 2 is 1.79 bits per heavy atom. The van der Waals surface area contributed by atoms with Crippen LogP contribution in [0.1, 0.15) is 23.2 Å². The first kappa shape index (κ1) is 22.4. The van der Waals surface area contributed by atoms with Crippen LogP contribution in [0, 0.1) is 0 Å². The van der Waals surface area contributed by atoms with Crippen molar-refractivity contribution in [3.8, 4) is 5.75 Å².